The van der Waals surface area contributed by atoms with Crippen LogP contribution in [0.2, 0.25) is 0 Å². The Labute approximate surface area is 199 Å². The van der Waals surface area contributed by atoms with Crippen LogP contribution in [0.5, 0.6) is 0 Å². The van der Waals surface area contributed by atoms with E-state index in [2.05, 4.69) is 5.32 Å². The second-order valence-corrected chi connectivity index (χ2v) is 11.4. The van der Waals surface area contributed by atoms with E-state index in [0.717, 1.165) is 34.3 Å². The van der Waals surface area contributed by atoms with E-state index >= 15 is 0 Å². The lowest BCUT2D eigenvalue weighted by Gasteiger charge is -2.45. The van der Waals surface area contributed by atoms with Gasteiger partial charge in [-0.3, -0.25) is 14.5 Å². The largest absolute Gasteiger partial charge is 0.358 e. The number of hydrogen-bond donors (Lipinski definition) is 1. The second kappa shape index (κ2) is 9.36. The van der Waals surface area contributed by atoms with E-state index in [4.69, 9.17) is 0 Å². The molecule has 8 nitrogen and oxygen atoms in total. The molecule has 2 aliphatic rings. The third-order valence-corrected chi connectivity index (χ3v) is 8.57. The highest BCUT2D eigenvalue weighted by atomic mass is 32.2. The van der Waals surface area contributed by atoms with Gasteiger partial charge in [-0.05, 0) is 61.9 Å². The number of carbonyl (C=O) groups excluding carboxylic acids is 2. The Morgan fingerprint density at radius 2 is 1.94 bits per heavy atom. The number of carbonyl (C=O) groups is 2. The lowest BCUT2D eigenvalue weighted by atomic mass is 9.96. The maximum Gasteiger partial charge on any atom is 0.250 e. The molecule has 176 valence electrons. The Hall–Kier alpha value is -2.56. The third kappa shape index (κ3) is 4.60. The van der Waals surface area contributed by atoms with E-state index < -0.39 is 10.0 Å². The van der Waals surface area contributed by atoms with Gasteiger partial charge in [-0.1, -0.05) is 6.07 Å². The third-order valence-electron chi connectivity index (χ3n) is 6.03. The van der Waals surface area contributed by atoms with Crippen molar-refractivity contribution in [3.8, 4) is 0 Å². The van der Waals surface area contributed by atoms with Crippen LogP contribution in [0.1, 0.15) is 19.3 Å². The standard InChI is InChI=1S/C23H28N4O4S2/c1-25(2)33(30,31)18-10-11-19-21(14-18)27(23(29)20-9-4-5-12-26(19)20)15-22(28)24-16-7-6-8-17(13-16)32-3/h6-8,10-11,13-14,20H,4-5,9,12,15H2,1-3H3,(H,24,28). The summed E-state index contributed by atoms with van der Waals surface area (Å²) in [5.41, 5.74) is 1.89. The molecule has 0 saturated carbocycles. The van der Waals surface area contributed by atoms with Crippen LogP contribution in [0.25, 0.3) is 0 Å². The number of benzene rings is 2. The summed E-state index contributed by atoms with van der Waals surface area (Å²) in [5, 5.41) is 2.86. The van der Waals surface area contributed by atoms with Crippen LogP contribution in [0.15, 0.2) is 52.3 Å². The SMILES string of the molecule is CSc1cccc(NC(=O)CN2C(=O)C3CCCCN3c3ccc(S(=O)(=O)N(C)C)cc32)c1. The number of fused-ring (bicyclic) bond motifs is 3. The molecule has 0 bridgehead atoms. The van der Waals surface area contributed by atoms with Gasteiger partial charge in [-0.2, -0.15) is 0 Å². The van der Waals surface area contributed by atoms with Crippen molar-refractivity contribution in [2.24, 2.45) is 0 Å². The molecular formula is C23H28N4O4S2. The monoisotopic (exact) mass is 488 g/mol. The molecule has 2 aromatic rings. The fourth-order valence-corrected chi connectivity index (χ4v) is 5.70. The Balaban J connectivity index is 1.69. The summed E-state index contributed by atoms with van der Waals surface area (Å²) in [7, 11) is -0.758. The molecule has 2 amide bonds. The summed E-state index contributed by atoms with van der Waals surface area (Å²) < 4.78 is 26.6. The molecule has 1 N–H and O–H groups in total. The maximum atomic E-state index is 13.4. The van der Waals surface area contributed by atoms with Crippen molar-refractivity contribution in [3.05, 3.63) is 42.5 Å². The number of nitrogens with one attached hydrogen (secondary N) is 1. The summed E-state index contributed by atoms with van der Waals surface area (Å²) in [4.78, 5) is 31.0. The summed E-state index contributed by atoms with van der Waals surface area (Å²) in [6, 6.07) is 12.0. The summed E-state index contributed by atoms with van der Waals surface area (Å²) in [5.74, 6) is -0.507. The van der Waals surface area contributed by atoms with Gasteiger partial charge in [0.15, 0.2) is 0 Å². The molecule has 0 aromatic heterocycles. The van der Waals surface area contributed by atoms with Gasteiger partial charge in [0, 0.05) is 31.2 Å². The predicted molar refractivity (Wildman–Crippen MR) is 132 cm³/mol. The average Bonchev–Trinajstić information content (AvgIpc) is 2.81. The number of amides is 2. The lowest BCUT2D eigenvalue weighted by molar-refractivity contribution is -0.123. The highest BCUT2D eigenvalue weighted by molar-refractivity contribution is 7.98. The molecule has 10 heteroatoms. The van der Waals surface area contributed by atoms with E-state index in [-0.39, 0.29) is 29.3 Å². The normalized spacial score (nSPS) is 18.2. The van der Waals surface area contributed by atoms with E-state index in [1.54, 1.807) is 30.0 Å². The van der Waals surface area contributed by atoms with Gasteiger partial charge in [-0.15, -0.1) is 11.8 Å². The van der Waals surface area contributed by atoms with Gasteiger partial charge in [0.1, 0.15) is 12.6 Å². The number of rotatable bonds is 6. The van der Waals surface area contributed by atoms with E-state index in [1.165, 1.54) is 25.1 Å². The van der Waals surface area contributed by atoms with Crippen LogP contribution in [0.4, 0.5) is 17.1 Å². The number of piperidine rings is 1. The summed E-state index contributed by atoms with van der Waals surface area (Å²) >= 11 is 1.57. The van der Waals surface area contributed by atoms with Crippen LogP contribution in [0, 0.1) is 0 Å². The van der Waals surface area contributed by atoms with Crippen molar-refractivity contribution in [2.45, 2.75) is 35.1 Å². The molecule has 33 heavy (non-hydrogen) atoms. The topological polar surface area (TPSA) is 90.0 Å². The minimum absolute atomic E-state index is 0.0904. The molecule has 4 rings (SSSR count). The first-order valence-corrected chi connectivity index (χ1v) is 13.5. The smallest absolute Gasteiger partial charge is 0.250 e. The fourth-order valence-electron chi connectivity index (χ4n) is 4.32. The molecule has 0 radical (unpaired) electrons. The maximum absolute atomic E-state index is 13.4. The van der Waals surface area contributed by atoms with Crippen LogP contribution < -0.4 is 15.1 Å². The molecule has 2 aliphatic heterocycles. The van der Waals surface area contributed by atoms with Crippen LogP contribution in [-0.4, -0.2) is 64.0 Å². The van der Waals surface area contributed by atoms with Gasteiger partial charge in [0.25, 0.3) is 0 Å². The highest BCUT2D eigenvalue weighted by Crippen LogP contribution is 2.40. The Bertz CT molecular complexity index is 1180. The van der Waals surface area contributed by atoms with E-state index in [1.807, 2.05) is 29.4 Å². The minimum Gasteiger partial charge on any atom is -0.358 e. The van der Waals surface area contributed by atoms with Crippen molar-refractivity contribution in [3.63, 3.8) is 0 Å². The number of anilines is 3. The summed E-state index contributed by atoms with van der Waals surface area (Å²) in [6.45, 7) is 0.538. The van der Waals surface area contributed by atoms with Crippen molar-refractivity contribution in [1.82, 2.24) is 4.31 Å². The van der Waals surface area contributed by atoms with Crippen molar-refractivity contribution in [1.29, 1.82) is 0 Å². The fraction of sp³-hybridized carbons (Fsp3) is 0.391. The summed E-state index contributed by atoms with van der Waals surface area (Å²) in [6.07, 6.45) is 4.58. The lowest BCUT2D eigenvalue weighted by Crippen LogP contribution is -2.56. The van der Waals surface area contributed by atoms with Crippen molar-refractivity contribution in [2.75, 3.05) is 48.6 Å². The molecule has 1 saturated heterocycles. The first-order valence-electron chi connectivity index (χ1n) is 10.8. The molecule has 0 spiro atoms. The molecular weight excluding hydrogens is 460 g/mol. The highest BCUT2D eigenvalue weighted by Gasteiger charge is 2.40. The van der Waals surface area contributed by atoms with E-state index in [0.29, 0.717) is 17.8 Å². The van der Waals surface area contributed by atoms with Gasteiger partial charge in [-0.25, -0.2) is 12.7 Å². The first kappa shape index (κ1) is 23.6. The predicted octanol–water partition coefficient (Wildman–Crippen LogP) is 3.00. The van der Waals surface area contributed by atoms with Gasteiger partial charge in [0.2, 0.25) is 21.8 Å². The number of sulfonamides is 1. The molecule has 2 heterocycles. The molecule has 1 fully saturated rings. The molecule has 1 atom stereocenters. The van der Waals surface area contributed by atoms with Crippen LogP contribution in [-0.2, 0) is 19.6 Å². The van der Waals surface area contributed by atoms with Crippen molar-refractivity contribution < 1.29 is 18.0 Å². The Morgan fingerprint density at radius 1 is 1.15 bits per heavy atom. The second-order valence-electron chi connectivity index (χ2n) is 8.35. The van der Waals surface area contributed by atoms with Gasteiger partial charge >= 0.3 is 0 Å². The zero-order valence-corrected chi connectivity index (χ0v) is 20.6. The minimum atomic E-state index is -3.69. The number of thioether (sulfide) groups is 1. The quantitative estimate of drug-likeness (QED) is 0.629. The zero-order valence-electron chi connectivity index (χ0n) is 18.9. The zero-order chi connectivity index (χ0) is 23.8. The van der Waals surface area contributed by atoms with Crippen molar-refractivity contribution >= 4 is 50.7 Å². The van der Waals surface area contributed by atoms with Crippen LogP contribution >= 0.6 is 11.8 Å². The molecule has 0 aliphatic carbocycles. The average molecular weight is 489 g/mol. The Morgan fingerprint density at radius 3 is 2.67 bits per heavy atom. The molecule has 1 unspecified atom stereocenters. The van der Waals surface area contributed by atoms with Crippen LogP contribution in [0.3, 0.4) is 0 Å². The van der Waals surface area contributed by atoms with Gasteiger partial charge in [0.05, 0.1) is 16.3 Å². The molecule has 2 aromatic carbocycles. The van der Waals surface area contributed by atoms with E-state index in [9.17, 15) is 18.0 Å². The number of hydrogen-bond acceptors (Lipinski definition) is 6. The Kier molecular flexibility index (Phi) is 6.69. The van der Waals surface area contributed by atoms with Gasteiger partial charge < -0.3 is 10.2 Å². The first-order chi connectivity index (χ1) is 15.7. The number of nitrogens with zero attached hydrogens (tertiary/aromatic N) is 3.